The van der Waals surface area contributed by atoms with E-state index in [1.165, 1.54) is 41.3 Å². The lowest BCUT2D eigenvalue weighted by Gasteiger charge is -2.05. The van der Waals surface area contributed by atoms with Gasteiger partial charge in [0.2, 0.25) is 0 Å². The summed E-state index contributed by atoms with van der Waals surface area (Å²) in [5.74, 6) is 0. The molecule has 0 N–H and O–H groups in total. The van der Waals surface area contributed by atoms with Crippen molar-refractivity contribution in [1.82, 2.24) is 4.98 Å². The van der Waals surface area contributed by atoms with Gasteiger partial charge in [-0.25, -0.2) is 0 Å². The zero-order valence-corrected chi connectivity index (χ0v) is 11.8. The lowest BCUT2D eigenvalue weighted by molar-refractivity contribution is 0.795. The molecule has 0 spiro atoms. The quantitative estimate of drug-likeness (QED) is 0.625. The highest BCUT2D eigenvalue weighted by molar-refractivity contribution is 5.84. The average Bonchev–Trinajstić information content (AvgIpc) is 2.53. The van der Waals surface area contributed by atoms with Crippen LogP contribution in [0.5, 0.6) is 0 Å². The SMILES string of the molecule is CCCCc1ccc(-c2ccc3cccnc3c2)cc1. The monoisotopic (exact) mass is 261 g/mol. The molecular weight excluding hydrogens is 242 g/mol. The molecule has 3 aromatic rings. The fraction of sp³-hybridized carbons (Fsp3) is 0.211. The smallest absolute Gasteiger partial charge is 0.0708 e. The molecule has 0 aliphatic carbocycles. The number of pyridine rings is 1. The van der Waals surface area contributed by atoms with Crippen molar-refractivity contribution in [2.75, 3.05) is 0 Å². The molecule has 0 atom stereocenters. The minimum atomic E-state index is 1.06. The maximum absolute atomic E-state index is 4.43. The van der Waals surface area contributed by atoms with Crippen molar-refractivity contribution in [3.63, 3.8) is 0 Å². The highest BCUT2D eigenvalue weighted by atomic mass is 14.6. The van der Waals surface area contributed by atoms with Gasteiger partial charge in [-0.1, -0.05) is 55.8 Å². The summed E-state index contributed by atoms with van der Waals surface area (Å²) >= 11 is 0. The Kier molecular flexibility index (Phi) is 3.78. The molecule has 0 saturated heterocycles. The molecule has 1 nitrogen and oxygen atoms in total. The van der Waals surface area contributed by atoms with Gasteiger partial charge in [0, 0.05) is 11.6 Å². The third-order valence-corrected chi connectivity index (χ3v) is 3.71. The second-order valence-corrected chi connectivity index (χ2v) is 5.21. The minimum Gasteiger partial charge on any atom is -0.256 e. The Morgan fingerprint density at radius 3 is 2.50 bits per heavy atom. The van der Waals surface area contributed by atoms with Crippen LogP contribution >= 0.6 is 0 Å². The molecule has 1 aromatic heterocycles. The number of nitrogens with zero attached hydrogens (tertiary/aromatic N) is 1. The highest BCUT2D eigenvalue weighted by Crippen LogP contribution is 2.24. The summed E-state index contributed by atoms with van der Waals surface area (Å²) in [5, 5.41) is 1.19. The van der Waals surface area contributed by atoms with Crippen LogP contribution in [0.2, 0.25) is 0 Å². The van der Waals surface area contributed by atoms with Crippen LogP contribution < -0.4 is 0 Å². The van der Waals surface area contributed by atoms with Gasteiger partial charge in [0.1, 0.15) is 0 Å². The second-order valence-electron chi connectivity index (χ2n) is 5.21. The molecular formula is C19H19N. The number of benzene rings is 2. The van der Waals surface area contributed by atoms with Crippen molar-refractivity contribution in [3.8, 4) is 11.1 Å². The van der Waals surface area contributed by atoms with E-state index in [4.69, 9.17) is 0 Å². The molecule has 1 heteroatoms. The zero-order valence-electron chi connectivity index (χ0n) is 11.8. The first-order valence-corrected chi connectivity index (χ1v) is 7.31. The van der Waals surface area contributed by atoms with E-state index in [9.17, 15) is 0 Å². The maximum atomic E-state index is 4.43. The summed E-state index contributed by atoms with van der Waals surface area (Å²) in [6.07, 6.45) is 5.54. The molecule has 0 aliphatic rings. The predicted octanol–water partition coefficient (Wildman–Crippen LogP) is 5.24. The van der Waals surface area contributed by atoms with Crippen LogP contribution in [0.3, 0.4) is 0 Å². The number of aromatic nitrogens is 1. The van der Waals surface area contributed by atoms with Gasteiger partial charge in [-0.15, -0.1) is 0 Å². The molecule has 0 unspecified atom stereocenters. The molecule has 1 heterocycles. The van der Waals surface area contributed by atoms with Gasteiger partial charge >= 0.3 is 0 Å². The number of rotatable bonds is 4. The van der Waals surface area contributed by atoms with E-state index in [-0.39, 0.29) is 0 Å². The third-order valence-electron chi connectivity index (χ3n) is 3.71. The Balaban J connectivity index is 1.90. The van der Waals surface area contributed by atoms with Crippen molar-refractivity contribution in [3.05, 3.63) is 66.4 Å². The van der Waals surface area contributed by atoms with Crippen LogP contribution in [0.1, 0.15) is 25.3 Å². The van der Waals surface area contributed by atoms with Crippen molar-refractivity contribution in [1.29, 1.82) is 0 Å². The van der Waals surface area contributed by atoms with E-state index < -0.39 is 0 Å². The van der Waals surface area contributed by atoms with Crippen LogP contribution in [0.15, 0.2) is 60.8 Å². The van der Waals surface area contributed by atoms with Crippen molar-refractivity contribution in [2.24, 2.45) is 0 Å². The number of fused-ring (bicyclic) bond motifs is 1. The van der Waals surface area contributed by atoms with E-state index >= 15 is 0 Å². The zero-order chi connectivity index (χ0) is 13.8. The largest absolute Gasteiger partial charge is 0.256 e. The average molecular weight is 261 g/mol. The van der Waals surface area contributed by atoms with Crippen LogP contribution in [0, 0.1) is 0 Å². The van der Waals surface area contributed by atoms with Crippen molar-refractivity contribution in [2.45, 2.75) is 26.2 Å². The molecule has 0 bridgehead atoms. The Labute approximate surface area is 120 Å². The van der Waals surface area contributed by atoms with Gasteiger partial charge in [-0.2, -0.15) is 0 Å². The van der Waals surface area contributed by atoms with Gasteiger partial charge in [-0.3, -0.25) is 4.98 Å². The standard InChI is InChI=1S/C19H19N/c1-2-3-5-15-7-9-16(10-8-15)18-12-11-17-6-4-13-20-19(17)14-18/h4,6-14H,2-3,5H2,1H3. The lowest BCUT2D eigenvalue weighted by atomic mass is 10.0. The molecule has 0 fully saturated rings. The first-order chi connectivity index (χ1) is 9.86. The minimum absolute atomic E-state index is 1.06. The van der Waals surface area contributed by atoms with Gasteiger partial charge < -0.3 is 0 Å². The summed E-state index contributed by atoms with van der Waals surface area (Å²) in [7, 11) is 0. The number of aryl methyl sites for hydroxylation is 1. The third kappa shape index (κ3) is 2.72. The van der Waals surface area contributed by atoms with Gasteiger partial charge in [0.25, 0.3) is 0 Å². The van der Waals surface area contributed by atoms with Crippen LogP contribution in [-0.4, -0.2) is 4.98 Å². The van der Waals surface area contributed by atoms with Gasteiger partial charge in [0.05, 0.1) is 5.52 Å². The summed E-state index contributed by atoms with van der Waals surface area (Å²) in [5.41, 5.74) is 4.98. The van der Waals surface area contributed by atoms with Crippen LogP contribution in [-0.2, 0) is 6.42 Å². The first kappa shape index (κ1) is 12.9. The van der Waals surface area contributed by atoms with E-state index in [1.807, 2.05) is 12.3 Å². The normalized spacial score (nSPS) is 10.8. The van der Waals surface area contributed by atoms with Gasteiger partial charge in [0.15, 0.2) is 0 Å². The Bertz CT molecular complexity index is 698. The number of hydrogen-bond acceptors (Lipinski definition) is 1. The molecule has 100 valence electrons. The summed E-state index contributed by atoms with van der Waals surface area (Å²) in [4.78, 5) is 4.43. The van der Waals surface area contributed by atoms with Crippen LogP contribution in [0.4, 0.5) is 0 Å². The molecule has 3 rings (SSSR count). The van der Waals surface area contributed by atoms with Crippen molar-refractivity contribution < 1.29 is 0 Å². The van der Waals surface area contributed by atoms with Crippen LogP contribution in [0.25, 0.3) is 22.0 Å². The fourth-order valence-corrected chi connectivity index (χ4v) is 2.49. The molecule has 0 radical (unpaired) electrons. The molecule has 0 saturated carbocycles. The summed E-state index contributed by atoms with van der Waals surface area (Å²) < 4.78 is 0. The van der Waals surface area contributed by atoms with E-state index in [0.29, 0.717) is 0 Å². The summed E-state index contributed by atoms with van der Waals surface area (Å²) in [6.45, 7) is 2.23. The molecule has 0 aliphatic heterocycles. The van der Waals surface area contributed by atoms with E-state index in [0.717, 1.165) is 5.52 Å². The Morgan fingerprint density at radius 1 is 0.900 bits per heavy atom. The first-order valence-electron chi connectivity index (χ1n) is 7.31. The van der Waals surface area contributed by atoms with E-state index in [1.54, 1.807) is 0 Å². The second kappa shape index (κ2) is 5.87. The van der Waals surface area contributed by atoms with Gasteiger partial charge in [-0.05, 0) is 41.7 Å². The predicted molar refractivity (Wildman–Crippen MR) is 85.8 cm³/mol. The van der Waals surface area contributed by atoms with Crippen molar-refractivity contribution >= 4 is 10.9 Å². The molecule has 0 amide bonds. The lowest BCUT2D eigenvalue weighted by Crippen LogP contribution is -1.85. The topological polar surface area (TPSA) is 12.9 Å². The Hall–Kier alpha value is -2.15. The highest BCUT2D eigenvalue weighted by Gasteiger charge is 2.01. The number of hydrogen-bond donors (Lipinski definition) is 0. The Morgan fingerprint density at radius 2 is 1.70 bits per heavy atom. The molecule has 2 aromatic carbocycles. The molecule has 20 heavy (non-hydrogen) atoms. The summed E-state index contributed by atoms with van der Waals surface area (Å²) in [6, 6.07) is 19.5. The number of unbranched alkanes of at least 4 members (excludes halogenated alkanes) is 1. The maximum Gasteiger partial charge on any atom is 0.0708 e. The van der Waals surface area contributed by atoms with E-state index in [2.05, 4.69) is 60.4 Å². The fourth-order valence-electron chi connectivity index (χ4n) is 2.49.